The molecule has 122 valence electrons. The third-order valence-corrected chi connectivity index (χ3v) is 2.87. The average Bonchev–Trinajstić information content (AvgIpc) is 2.86. The molecule has 23 heavy (non-hydrogen) atoms. The zero-order valence-corrected chi connectivity index (χ0v) is 12.3. The molecule has 1 aromatic heterocycles. The highest BCUT2D eigenvalue weighted by atomic mass is 19.3. The van der Waals surface area contributed by atoms with Crippen LogP contribution in [-0.4, -0.2) is 35.3 Å². The number of anilines is 1. The summed E-state index contributed by atoms with van der Waals surface area (Å²) in [5, 5.41) is 8.80. The fraction of sp³-hybridized carbons (Fsp3) is 0.214. The van der Waals surface area contributed by atoms with E-state index in [1.807, 2.05) is 0 Å². The number of nitrogens with one attached hydrogen (secondary N) is 2. The van der Waals surface area contributed by atoms with Crippen LogP contribution in [-0.2, 0) is 7.05 Å². The van der Waals surface area contributed by atoms with Crippen molar-refractivity contribution in [2.75, 3.05) is 12.4 Å². The second-order valence-corrected chi connectivity index (χ2v) is 4.47. The van der Waals surface area contributed by atoms with Gasteiger partial charge in [0.15, 0.2) is 5.69 Å². The molecule has 0 aliphatic carbocycles. The quantitative estimate of drug-likeness (QED) is 0.875. The molecule has 1 heterocycles. The molecule has 9 heteroatoms. The Hall–Kier alpha value is -2.97. The first-order valence-corrected chi connectivity index (χ1v) is 6.53. The highest BCUT2D eigenvalue weighted by Crippen LogP contribution is 2.22. The minimum Gasteiger partial charge on any atom is -0.434 e. The number of nitrogens with zero attached hydrogens (tertiary/aromatic N) is 2. The van der Waals surface area contributed by atoms with Crippen LogP contribution in [0.1, 0.15) is 20.8 Å². The Labute approximate surface area is 130 Å². The predicted octanol–water partition coefficient (Wildman–Crippen LogP) is 1.63. The molecule has 0 atom stereocenters. The molecule has 0 unspecified atom stereocenters. The van der Waals surface area contributed by atoms with Crippen LogP contribution in [0.5, 0.6) is 5.75 Å². The van der Waals surface area contributed by atoms with Gasteiger partial charge in [-0.05, 0) is 12.1 Å². The number of amides is 2. The number of hydrogen-bond acceptors (Lipinski definition) is 4. The van der Waals surface area contributed by atoms with Gasteiger partial charge in [0.25, 0.3) is 11.8 Å². The van der Waals surface area contributed by atoms with Gasteiger partial charge in [-0.2, -0.15) is 13.9 Å². The summed E-state index contributed by atoms with van der Waals surface area (Å²) in [4.78, 5) is 24.0. The van der Waals surface area contributed by atoms with Gasteiger partial charge in [0, 0.05) is 20.3 Å². The van der Waals surface area contributed by atoms with Crippen LogP contribution in [0.25, 0.3) is 0 Å². The van der Waals surface area contributed by atoms with E-state index in [4.69, 9.17) is 0 Å². The molecule has 2 aromatic rings. The first kappa shape index (κ1) is 16.4. The molecule has 2 rings (SSSR count). The second kappa shape index (κ2) is 6.86. The largest absolute Gasteiger partial charge is 0.434 e. The molecule has 0 aliphatic heterocycles. The smallest absolute Gasteiger partial charge is 0.387 e. The lowest BCUT2D eigenvalue weighted by Gasteiger charge is -2.10. The SMILES string of the molecule is CNC(=O)c1nn(C)cc1NC(=O)c1ccccc1OC(F)F. The maximum absolute atomic E-state index is 12.4. The van der Waals surface area contributed by atoms with Crippen LogP contribution in [0.15, 0.2) is 30.5 Å². The summed E-state index contributed by atoms with van der Waals surface area (Å²) in [6, 6.07) is 5.57. The average molecular weight is 324 g/mol. The van der Waals surface area contributed by atoms with Gasteiger partial charge in [0.2, 0.25) is 0 Å². The van der Waals surface area contributed by atoms with Crippen molar-refractivity contribution < 1.29 is 23.1 Å². The van der Waals surface area contributed by atoms with Crippen molar-refractivity contribution in [2.45, 2.75) is 6.61 Å². The lowest BCUT2D eigenvalue weighted by molar-refractivity contribution is -0.0501. The summed E-state index contributed by atoms with van der Waals surface area (Å²) in [5.74, 6) is -1.44. The van der Waals surface area contributed by atoms with Gasteiger partial charge in [-0.15, -0.1) is 0 Å². The first-order chi connectivity index (χ1) is 10.9. The molecule has 1 aromatic carbocycles. The number of alkyl halides is 2. The van der Waals surface area contributed by atoms with Crippen LogP contribution in [0.3, 0.4) is 0 Å². The maximum Gasteiger partial charge on any atom is 0.387 e. The molecule has 0 bridgehead atoms. The number of benzene rings is 1. The van der Waals surface area contributed by atoms with Crippen LogP contribution in [0.2, 0.25) is 0 Å². The van der Waals surface area contributed by atoms with E-state index in [-0.39, 0.29) is 22.7 Å². The van der Waals surface area contributed by atoms with Crippen molar-refractivity contribution in [3.8, 4) is 5.75 Å². The topological polar surface area (TPSA) is 85.3 Å². The number of rotatable bonds is 5. The van der Waals surface area contributed by atoms with Gasteiger partial charge < -0.3 is 15.4 Å². The van der Waals surface area contributed by atoms with E-state index >= 15 is 0 Å². The van der Waals surface area contributed by atoms with Crippen LogP contribution >= 0.6 is 0 Å². The fourth-order valence-corrected chi connectivity index (χ4v) is 1.91. The fourth-order valence-electron chi connectivity index (χ4n) is 1.91. The van der Waals surface area contributed by atoms with Crippen LogP contribution < -0.4 is 15.4 Å². The van der Waals surface area contributed by atoms with Crippen molar-refractivity contribution in [3.63, 3.8) is 0 Å². The number of carbonyl (C=O) groups excluding carboxylic acids is 2. The Balaban J connectivity index is 2.28. The van der Waals surface area contributed by atoms with Crippen molar-refractivity contribution >= 4 is 17.5 Å². The minimum absolute atomic E-state index is 0.00982. The molecular weight excluding hydrogens is 310 g/mol. The maximum atomic E-state index is 12.4. The Bertz CT molecular complexity index is 731. The summed E-state index contributed by atoms with van der Waals surface area (Å²) in [6.45, 7) is -3.05. The zero-order valence-electron chi connectivity index (χ0n) is 12.3. The number of ether oxygens (including phenoxy) is 1. The Kier molecular flexibility index (Phi) is 4.89. The number of aromatic nitrogens is 2. The Morgan fingerprint density at radius 3 is 2.61 bits per heavy atom. The summed E-state index contributed by atoms with van der Waals surface area (Å²) in [6.07, 6.45) is 1.43. The highest BCUT2D eigenvalue weighted by Gasteiger charge is 2.20. The zero-order chi connectivity index (χ0) is 17.0. The van der Waals surface area contributed by atoms with E-state index in [2.05, 4.69) is 20.5 Å². The van der Waals surface area contributed by atoms with Gasteiger partial charge >= 0.3 is 6.61 Å². The summed E-state index contributed by atoms with van der Waals surface area (Å²) >= 11 is 0. The standard InChI is InChI=1S/C14H14F2N4O3/c1-17-13(22)11-9(7-20(2)19-11)18-12(21)8-5-3-4-6-10(8)23-14(15)16/h3-7,14H,1-2H3,(H,17,22)(H,18,21). The molecule has 0 saturated carbocycles. The monoisotopic (exact) mass is 324 g/mol. The second-order valence-electron chi connectivity index (χ2n) is 4.47. The Morgan fingerprint density at radius 2 is 1.96 bits per heavy atom. The van der Waals surface area contributed by atoms with Crippen molar-refractivity contribution in [1.82, 2.24) is 15.1 Å². The van der Waals surface area contributed by atoms with Crippen molar-refractivity contribution in [2.24, 2.45) is 7.05 Å². The van der Waals surface area contributed by atoms with Crippen LogP contribution in [0.4, 0.5) is 14.5 Å². The minimum atomic E-state index is -3.05. The molecule has 0 radical (unpaired) electrons. The lowest BCUT2D eigenvalue weighted by atomic mass is 10.2. The molecule has 0 fully saturated rings. The van der Waals surface area contributed by atoms with Gasteiger partial charge in [0.05, 0.1) is 11.3 Å². The number of para-hydroxylation sites is 1. The molecule has 7 nitrogen and oxygen atoms in total. The summed E-state index contributed by atoms with van der Waals surface area (Å²) in [7, 11) is 3.00. The highest BCUT2D eigenvalue weighted by molar-refractivity contribution is 6.09. The lowest BCUT2D eigenvalue weighted by Crippen LogP contribution is -2.22. The molecular formula is C14H14F2N4O3. The molecule has 0 saturated heterocycles. The van der Waals surface area contributed by atoms with Gasteiger partial charge in [-0.1, -0.05) is 12.1 Å². The first-order valence-electron chi connectivity index (χ1n) is 6.53. The van der Waals surface area contributed by atoms with Gasteiger partial charge in [-0.25, -0.2) is 0 Å². The van der Waals surface area contributed by atoms with Crippen LogP contribution in [0, 0.1) is 0 Å². The van der Waals surface area contributed by atoms with E-state index in [0.29, 0.717) is 0 Å². The predicted molar refractivity (Wildman–Crippen MR) is 77.6 cm³/mol. The van der Waals surface area contributed by atoms with E-state index in [0.717, 1.165) is 0 Å². The summed E-state index contributed by atoms with van der Waals surface area (Å²) < 4.78 is 30.4. The molecule has 2 amide bonds. The van der Waals surface area contributed by atoms with Gasteiger partial charge in [-0.3, -0.25) is 14.3 Å². The molecule has 2 N–H and O–H groups in total. The van der Waals surface area contributed by atoms with E-state index < -0.39 is 18.4 Å². The number of carbonyl (C=O) groups is 2. The van der Waals surface area contributed by atoms with Crippen molar-refractivity contribution in [1.29, 1.82) is 0 Å². The van der Waals surface area contributed by atoms with Crippen molar-refractivity contribution in [3.05, 3.63) is 41.7 Å². The number of halogens is 2. The third kappa shape index (κ3) is 3.82. The van der Waals surface area contributed by atoms with E-state index in [1.165, 1.54) is 42.2 Å². The molecule has 0 aliphatic rings. The third-order valence-electron chi connectivity index (χ3n) is 2.87. The normalized spacial score (nSPS) is 10.5. The summed E-state index contributed by atoms with van der Waals surface area (Å²) in [5.41, 5.74) is 0.0822. The van der Waals surface area contributed by atoms with E-state index in [9.17, 15) is 18.4 Å². The molecule has 0 spiro atoms. The number of hydrogen-bond donors (Lipinski definition) is 2. The van der Waals surface area contributed by atoms with Gasteiger partial charge in [0.1, 0.15) is 5.75 Å². The Morgan fingerprint density at radius 1 is 1.26 bits per heavy atom. The van der Waals surface area contributed by atoms with E-state index in [1.54, 1.807) is 7.05 Å². The number of aryl methyl sites for hydroxylation is 1.